The minimum atomic E-state index is -1.42. The Morgan fingerprint density at radius 2 is 1.18 bits per heavy atom. The second kappa shape index (κ2) is 11.7. The monoisotopic (exact) mass is 527 g/mol. The van der Waals surface area contributed by atoms with Crippen LogP contribution in [0.2, 0.25) is 0 Å². The molecule has 3 aromatic carbocycles. The molecule has 198 valence electrons. The molecule has 0 N–H and O–H groups in total. The topological polar surface area (TPSA) is 119 Å². The zero-order valence-corrected chi connectivity index (χ0v) is 21.0. The third-order valence-corrected chi connectivity index (χ3v) is 6.04. The number of carbonyl (C=O) groups excluding carboxylic acids is 3. The second-order valence-corrected chi connectivity index (χ2v) is 8.63. The Morgan fingerprint density at radius 3 is 1.64 bits per heavy atom. The number of hydrogen-bond donors (Lipinski definition) is 0. The van der Waals surface area contributed by atoms with Crippen LogP contribution in [0.15, 0.2) is 97.3 Å². The summed E-state index contributed by atoms with van der Waals surface area (Å²) in [5.74, 6) is -1.91. The van der Waals surface area contributed by atoms with E-state index in [0.29, 0.717) is 6.54 Å². The molecular weight excluding hydrogens is 502 g/mol. The summed E-state index contributed by atoms with van der Waals surface area (Å²) in [6, 6.07) is 24.9. The maximum absolute atomic E-state index is 13.1. The van der Waals surface area contributed by atoms with Gasteiger partial charge in [-0.1, -0.05) is 54.6 Å². The minimum absolute atomic E-state index is 0.182. The fourth-order valence-corrected chi connectivity index (χ4v) is 4.05. The summed E-state index contributed by atoms with van der Waals surface area (Å²) < 4.78 is 24.9. The molecular formula is C29H25N3O7. The molecule has 1 fully saturated rings. The Bertz CT molecular complexity index is 1430. The first-order valence-corrected chi connectivity index (χ1v) is 12.4. The molecule has 5 rings (SSSR count). The lowest BCUT2D eigenvalue weighted by molar-refractivity contribution is -0.138. The average molecular weight is 528 g/mol. The lowest BCUT2D eigenvalue weighted by Crippen LogP contribution is -2.40. The van der Waals surface area contributed by atoms with Crippen molar-refractivity contribution < 1.29 is 33.3 Å². The molecule has 4 aromatic rings. The van der Waals surface area contributed by atoms with Crippen molar-refractivity contribution in [3.05, 3.63) is 120 Å². The number of carbonyl (C=O) groups is 3. The fourth-order valence-electron chi connectivity index (χ4n) is 4.05. The molecule has 0 amide bonds. The van der Waals surface area contributed by atoms with E-state index in [2.05, 4.69) is 10.1 Å². The third kappa shape index (κ3) is 5.86. The first-order valence-electron chi connectivity index (χ1n) is 12.4. The molecule has 2 heterocycles. The first-order chi connectivity index (χ1) is 19.0. The van der Waals surface area contributed by atoms with Crippen molar-refractivity contribution in [2.75, 3.05) is 0 Å². The highest BCUT2D eigenvalue weighted by Crippen LogP contribution is 2.38. The standard InChI is InChI=1S/C29H25N3O7/c1-2-32-18-30-25(31-32)23-22(36-26(33)19-12-6-3-7-13-19)24(37-27(34)20-14-8-4-9-15-20)29(38-23)39-28(35)21-16-10-5-11-17-21/h3-18,22-24,29H,2H2,1H3/t22-,23+,24+,29-/m1/s1. The minimum Gasteiger partial charge on any atom is -0.451 e. The molecule has 0 bridgehead atoms. The van der Waals surface area contributed by atoms with Crippen LogP contribution in [-0.4, -0.2) is 51.2 Å². The van der Waals surface area contributed by atoms with Crippen LogP contribution < -0.4 is 0 Å². The smallest absolute Gasteiger partial charge is 0.340 e. The molecule has 0 saturated carbocycles. The van der Waals surface area contributed by atoms with Crippen LogP contribution in [0.5, 0.6) is 0 Å². The van der Waals surface area contributed by atoms with Gasteiger partial charge in [0.2, 0.25) is 12.4 Å². The van der Waals surface area contributed by atoms with Gasteiger partial charge in [0.25, 0.3) is 0 Å². The molecule has 0 spiro atoms. The van der Waals surface area contributed by atoms with Crippen LogP contribution in [0.25, 0.3) is 0 Å². The van der Waals surface area contributed by atoms with E-state index < -0.39 is 42.5 Å². The van der Waals surface area contributed by atoms with E-state index in [9.17, 15) is 14.4 Å². The van der Waals surface area contributed by atoms with E-state index in [-0.39, 0.29) is 22.5 Å². The van der Waals surface area contributed by atoms with E-state index in [1.54, 1.807) is 95.7 Å². The Hall–Kier alpha value is -4.83. The highest BCUT2D eigenvalue weighted by Gasteiger charge is 2.54. The number of ether oxygens (including phenoxy) is 4. The van der Waals surface area contributed by atoms with Gasteiger partial charge >= 0.3 is 17.9 Å². The van der Waals surface area contributed by atoms with Gasteiger partial charge in [-0.05, 0) is 43.3 Å². The van der Waals surface area contributed by atoms with Crippen molar-refractivity contribution in [2.24, 2.45) is 0 Å². The zero-order valence-electron chi connectivity index (χ0n) is 21.0. The third-order valence-electron chi connectivity index (χ3n) is 6.04. The summed E-state index contributed by atoms with van der Waals surface area (Å²) >= 11 is 0. The van der Waals surface area contributed by atoms with Crippen molar-refractivity contribution in [1.29, 1.82) is 0 Å². The Morgan fingerprint density at radius 1 is 0.718 bits per heavy atom. The quantitative estimate of drug-likeness (QED) is 0.247. The van der Waals surface area contributed by atoms with E-state index in [0.717, 1.165) is 0 Å². The number of nitrogens with zero attached hydrogens (tertiary/aromatic N) is 3. The molecule has 1 aromatic heterocycles. The van der Waals surface area contributed by atoms with Crippen LogP contribution in [0.1, 0.15) is 49.9 Å². The largest absolute Gasteiger partial charge is 0.451 e. The molecule has 0 radical (unpaired) electrons. The van der Waals surface area contributed by atoms with Gasteiger partial charge in [0.05, 0.1) is 16.7 Å². The molecule has 0 aliphatic carbocycles. The van der Waals surface area contributed by atoms with Crippen molar-refractivity contribution >= 4 is 17.9 Å². The van der Waals surface area contributed by atoms with Crippen LogP contribution in [0.4, 0.5) is 0 Å². The predicted octanol–water partition coefficient (Wildman–Crippen LogP) is 4.00. The Balaban J connectivity index is 1.50. The maximum Gasteiger partial charge on any atom is 0.340 e. The van der Waals surface area contributed by atoms with Gasteiger partial charge in [-0.15, -0.1) is 0 Å². The molecule has 10 nitrogen and oxygen atoms in total. The van der Waals surface area contributed by atoms with E-state index in [4.69, 9.17) is 18.9 Å². The summed E-state index contributed by atoms with van der Waals surface area (Å²) in [5.41, 5.74) is 0.806. The normalized spacial score (nSPS) is 20.2. The molecule has 1 saturated heterocycles. The second-order valence-electron chi connectivity index (χ2n) is 8.63. The summed E-state index contributed by atoms with van der Waals surface area (Å²) in [7, 11) is 0. The van der Waals surface area contributed by atoms with E-state index in [1.807, 2.05) is 6.92 Å². The van der Waals surface area contributed by atoms with Crippen LogP contribution in [-0.2, 0) is 25.5 Å². The highest BCUT2D eigenvalue weighted by molar-refractivity contribution is 5.91. The molecule has 39 heavy (non-hydrogen) atoms. The van der Waals surface area contributed by atoms with Crippen LogP contribution >= 0.6 is 0 Å². The van der Waals surface area contributed by atoms with Crippen molar-refractivity contribution in [3.63, 3.8) is 0 Å². The van der Waals surface area contributed by atoms with Gasteiger partial charge in [0, 0.05) is 6.54 Å². The molecule has 10 heteroatoms. The number of aryl methyl sites for hydroxylation is 1. The SMILES string of the molecule is CCn1cnc([C@H]2O[C@H](OC(=O)c3ccccc3)[C@@H](OC(=O)c3ccccc3)[C@@H]2OC(=O)c2ccccc2)n1. The summed E-state index contributed by atoms with van der Waals surface area (Å²) in [5, 5.41) is 4.39. The van der Waals surface area contributed by atoms with Gasteiger partial charge < -0.3 is 18.9 Å². The molecule has 0 unspecified atom stereocenters. The Kier molecular flexibility index (Phi) is 7.74. The first kappa shape index (κ1) is 25.8. The van der Waals surface area contributed by atoms with Gasteiger partial charge in [0.1, 0.15) is 6.33 Å². The van der Waals surface area contributed by atoms with E-state index in [1.165, 1.54) is 6.33 Å². The van der Waals surface area contributed by atoms with Crippen molar-refractivity contribution in [2.45, 2.75) is 38.1 Å². The molecule has 1 aliphatic rings. The maximum atomic E-state index is 13.1. The lowest BCUT2D eigenvalue weighted by Gasteiger charge is -2.23. The number of esters is 3. The zero-order chi connectivity index (χ0) is 27.2. The van der Waals surface area contributed by atoms with Crippen molar-refractivity contribution in [1.82, 2.24) is 14.8 Å². The highest BCUT2D eigenvalue weighted by atomic mass is 16.7. The van der Waals surface area contributed by atoms with Gasteiger partial charge in [-0.2, -0.15) is 5.10 Å². The summed E-state index contributed by atoms with van der Waals surface area (Å²) in [6.45, 7) is 2.42. The average Bonchev–Trinajstić information content (AvgIpc) is 3.59. The number of hydrogen-bond acceptors (Lipinski definition) is 9. The lowest BCUT2D eigenvalue weighted by atomic mass is 10.1. The molecule has 4 atom stereocenters. The summed E-state index contributed by atoms with van der Waals surface area (Å²) in [4.78, 5) is 43.5. The number of rotatable bonds is 8. The van der Waals surface area contributed by atoms with Gasteiger partial charge in [-0.3, -0.25) is 4.68 Å². The van der Waals surface area contributed by atoms with Crippen LogP contribution in [0, 0.1) is 0 Å². The summed E-state index contributed by atoms with van der Waals surface area (Å²) in [6.07, 6.45) is -3.56. The number of aromatic nitrogens is 3. The van der Waals surface area contributed by atoms with Gasteiger partial charge in [0.15, 0.2) is 18.0 Å². The van der Waals surface area contributed by atoms with Crippen LogP contribution in [0.3, 0.4) is 0 Å². The number of benzene rings is 3. The predicted molar refractivity (Wildman–Crippen MR) is 136 cm³/mol. The van der Waals surface area contributed by atoms with Gasteiger partial charge in [-0.25, -0.2) is 19.4 Å². The van der Waals surface area contributed by atoms with E-state index >= 15 is 0 Å². The fraction of sp³-hybridized carbons (Fsp3) is 0.207. The van der Waals surface area contributed by atoms with Crippen molar-refractivity contribution in [3.8, 4) is 0 Å². The molecule has 1 aliphatic heterocycles. The Labute approximate surface area is 224 Å².